The van der Waals surface area contributed by atoms with Crippen LogP contribution in [0.3, 0.4) is 0 Å². The predicted octanol–water partition coefficient (Wildman–Crippen LogP) is 2.54. The van der Waals surface area contributed by atoms with E-state index in [0.717, 1.165) is 23.9 Å². The molecule has 2 nitrogen and oxygen atoms in total. The Balaban J connectivity index is 1.46. The van der Waals surface area contributed by atoms with E-state index >= 15 is 0 Å². The third kappa shape index (κ3) is 2.53. The average Bonchev–Trinajstić information content (AvgIpc) is 2.90. The summed E-state index contributed by atoms with van der Waals surface area (Å²) in [6, 6.07) is 1.55. The first kappa shape index (κ1) is 12.0. The monoisotopic (exact) mass is 236 g/mol. The SMILES string of the molecule is CC1(C)CCC(NCC2NCC3CCCC32)C1. The Morgan fingerprint density at radius 3 is 2.88 bits per heavy atom. The number of rotatable bonds is 3. The van der Waals surface area contributed by atoms with Crippen LogP contribution in [0.4, 0.5) is 0 Å². The van der Waals surface area contributed by atoms with Crippen molar-refractivity contribution in [3.63, 3.8) is 0 Å². The zero-order valence-electron chi connectivity index (χ0n) is 11.5. The Hall–Kier alpha value is -0.0800. The summed E-state index contributed by atoms with van der Waals surface area (Å²) in [4.78, 5) is 0. The van der Waals surface area contributed by atoms with E-state index < -0.39 is 0 Å². The van der Waals surface area contributed by atoms with Crippen LogP contribution in [0.2, 0.25) is 0 Å². The topological polar surface area (TPSA) is 24.1 Å². The molecule has 2 aliphatic carbocycles. The van der Waals surface area contributed by atoms with Crippen molar-refractivity contribution in [2.24, 2.45) is 17.3 Å². The first-order valence-corrected chi connectivity index (χ1v) is 7.61. The maximum atomic E-state index is 3.83. The van der Waals surface area contributed by atoms with Gasteiger partial charge < -0.3 is 10.6 Å². The summed E-state index contributed by atoms with van der Waals surface area (Å²) in [6.45, 7) is 7.32. The van der Waals surface area contributed by atoms with Crippen molar-refractivity contribution in [1.82, 2.24) is 10.6 Å². The maximum Gasteiger partial charge on any atom is 0.0224 e. The summed E-state index contributed by atoms with van der Waals surface area (Å²) in [6.07, 6.45) is 8.57. The first-order valence-electron chi connectivity index (χ1n) is 7.61. The molecular weight excluding hydrogens is 208 g/mol. The molecule has 17 heavy (non-hydrogen) atoms. The minimum absolute atomic E-state index is 0.580. The lowest BCUT2D eigenvalue weighted by atomic mass is 9.91. The molecule has 3 aliphatic rings. The highest BCUT2D eigenvalue weighted by Gasteiger charge is 2.39. The number of nitrogens with one attached hydrogen (secondary N) is 2. The van der Waals surface area contributed by atoms with Crippen LogP contribution in [0.1, 0.15) is 52.4 Å². The Kier molecular flexibility index (Phi) is 3.20. The fourth-order valence-corrected chi connectivity index (χ4v) is 4.43. The van der Waals surface area contributed by atoms with Gasteiger partial charge in [0.15, 0.2) is 0 Å². The van der Waals surface area contributed by atoms with E-state index in [1.807, 2.05) is 0 Å². The van der Waals surface area contributed by atoms with Gasteiger partial charge in [0.1, 0.15) is 0 Å². The molecular formula is C15H28N2. The number of hydrogen-bond acceptors (Lipinski definition) is 2. The van der Waals surface area contributed by atoms with Gasteiger partial charge in [-0.3, -0.25) is 0 Å². The molecule has 3 rings (SSSR count). The number of hydrogen-bond donors (Lipinski definition) is 2. The van der Waals surface area contributed by atoms with Gasteiger partial charge in [0, 0.05) is 18.6 Å². The van der Waals surface area contributed by atoms with Crippen molar-refractivity contribution in [2.75, 3.05) is 13.1 Å². The number of fused-ring (bicyclic) bond motifs is 1. The van der Waals surface area contributed by atoms with E-state index in [9.17, 15) is 0 Å². The van der Waals surface area contributed by atoms with Crippen LogP contribution in [-0.2, 0) is 0 Å². The molecule has 1 aliphatic heterocycles. The van der Waals surface area contributed by atoms with Crippen LogP contribution in [0, 0.1) is 17.3 Å². The summed E-state index contributed by atoms with van der Waals surface area (Å²) >= 11 is 0. The summed E-state index contributed by atoms with van der Waals surface area (Å²) in [5.74, 6) is 1.98. The van der Waals surface area contributed by atoms with Crippen LogP contribution in [0.5, 0.6) is 0 Å². The molecule has 0 aromatic heterocycles. The second-order valence-electron chi connectivity index (χ2n) is 7.38. The molecule has 2 heteroatoms. The molecule has 4 unspecified atom stereocenters. The van der Waals surface area contributed by atoms with Gasteiger partial charge in [-0.2, -0.15) is 0 Å². The Morgan fingerprint density at radius 1 is 1.24 bits per heavy atom. The van der Waals surface area contributed by atoms with E-state index in [1.54, 1.807) is 0 Å². The summed E-state index contributed by atoms with van der Waals surface area (Å²) in [5.41, 5.74) is 0.580. The zero-order chi connectivity index (χ0) is 11.9. The molecule has 0 radical (unpaired) electrons. The van der Waals surface area contributed by atoms with Gasteiger partial charge in [-0.25, -0.2) is 0 Å². The molecule has 3 fully saturated rings. The lowest BCUT2D eigenvalue weighted by Gasteiger charge is -2.22. The van der Waals surface area contributed by atoms with Gasteiger partial charge in [-0.15, -0.1) is 0 Å². The van der Waals surface area contributed by atoms with Crippen molar-refractivity contribution < 1.29 is 0 Å². The summed E-state index contributed by atoms with van der Waals surface area (Å²) < 4.78 is 0. The average molecular weight is 236 g/mol. The van der Waals surface area contributed by atoms with Crippen molar-refractivity contribution >= 4 is 0 Å². The quantitative estimate of drug-likeness (QED) is 0.787. The molecule has 2 N–H and O–H groups in total. The fourth-order valence-electron chi connectivity index (χ4n) is 4.43. The van der Waals surface area contributed by atoms with E-state index in [0.29, 0.717) is 5.41 Å². The van der Waals surface area contributed by atoms with Crippen molar-refractivity contribution in [1.29, 1.82) is 0 Å². The van der Waals surface area contributed by atoms with Gasteiger partial charge in [0.2, 0.25) is 0 Å². The van der Waals surface area contributed by atoms with Gasteiger partial charge >= 0.3 is 0 Å². The molecule has 0 amide bonds. The van der Waals surface area contributed by atoms with Crippen molar-refractivity contribution in [3.05, 3.63) is 0 Å². The normalized spacial score (nSPS) is 44.1. The minimum Gasteiger partial charge on any atom is -0.312 e. The Bertz CT molecular complexity index is 274. The second kappa shape index (κ2) is 4.55. The Morgan fingerprint density at radius 2 is 2.12 bits per heavy atom. The van der Waals surface area contributed by atoms with Crippen LogP contribution in [0.15, 0.2) is 0 Å². The van der Waals surface area contributed by atoms with Gasteiger partial charge in [-0.05, 0) is 55.9 Å². The molecule has 0 aromatic carbocycles. The van der Waals surface area contributed by atoms with Crippen LogP contribution in [-0.4, -0.2) is 25.2 Å². The smallest absolute Gasteiger partial charge is 0.0224 e. The fraction of sp³-hybridized carbons (Fsp3) is 1.00. The van der Waals surface area contributed by atoms with E-state index in [1.165, 1.54) is 51.6 Å². The lowest BCUT2D eigenvalue weighted by Crippen LogP contribution is -2.41. The highest BCUT2D eigenvalue weighted by Crippen LogP contribution is 2.39. The van der Waals surface area contributed by atoms with Crippen molar-refractivity contribution in [2.45, 2.75) is 64.5 Å². The van der Waals surface area contributed by atoms with Crippen molar-refractivity contribution in [3.8, 4) is 0 Å². The Labute approximate surface area is 106 Å². The highest BCUT2D eigenvalue weighted by atomic mass is 15.0. The second-order valence-corrected chi connectivity index (χ2v) is 7.38. The molecule has 1 saturated heterocycles. The maximum absolute atomic E-state index is 3.83. The van der Waals surface area contributed by atoms with E-state index in [2.05, 4.69) is 24.5 Å². The van der Waals surface area contributed by atoms with Crippen LogP contribution >= 0.6 is 0 Å². The third-order valence-electron chi connectivity index (χ3n) is 5.47. The molecule has 2 saturated carbocycles. The predicted molar refractivity (Wildman–Crippen MR) is 72.0 cm³/mol. The third-order valence-corrected chi connectivity index (χ3v) is 5.47. The van der Waals surface area contributed by atoms with Gasteiger partial charge in [-0.1, -0.05) is 20.3 Å². The van der Waals surface area contributed by atoms with E-state index in [4.69, 9.17) is 0 Å². The van der Waals surface area contributed by atoms with E-state index in [-0.39, 0.29) is 0 Å². The summed E-state index contributed by atoms with van der Waals surface area (Å²) in [5, 5.41) is 7.57. The molecule has 0 spiro atoms. The van der Waals surface area contributed by atoms with Crippen LogP contribution in [0.25, 0.3) is 0 Å². The highest BCUT2D eigenvalue weighted by molar-refractivity contribution is 4.96. The molecule has 1 heterocycles. The molecule has 98 valence electrons. The van der Waals surface area contributed by atoms with Crippen LogP contribution < -0.4 is 10.6 Å². The first-order chi connectivity index (χ1) is 8.14. The molecule has 4 atom stereocenters. The molecule has 0 bridgehead atoms. The lowest BCUT2D eigenvalue weighted by molar-refractivity contribution is 0.345. The zero-order valence-corrected chi connectivity index (χ0v) is 11.5. The van der Waals surface area contributed by atoms with Gasteiger partial charge in [0.25, 0.3) is 0 Å². The standard InChI is InChI=1S/C15H28N2/c1-15(2)7-6-12(8-15)16-10-14-13-5-3-4-11(13)9-17-14/h11-14,16-17H,3-10H2,1-2H3. The largest absolute Gasteiger partial charge is 0.312 e. The van der Waals surface area contributed by atoms with Gasteiger partial charge in [0.05, 0.1) is 0 Å². The summed E-state index contributed by atoms with van der Waals surface area (Å²) in [7, 11) is 0. The minimum atomic E-state index is 0.580. The molecule has 0 aromatic rings.